The molecule has 2 amide bonds. The average molecular weight is 368 g/mol. The van der Waals surface area contributed by atoms with Crippen molar-refractivity contribution in [3.05, 3.63) is 59.9 Å². The van der Waals surface area contributed by atoms with E-state index in [4.69, 9.17) is 4.42 Å². The normalized spacial score (nSPS) is 12.0. The first-order valence-electron chi connectivity index (χ1n) is 9.08. The van der Waals surface area contributed by atoms with E-state index in [0.717, 1.165) is 5.56 Å². The van der Waals surface area contributed by atoms with Gasteiger partial charge in [0.05, 0.1) is 12.2 Å². The molecule has 0 spiro atoms. The van der Waals surface area contributed by atoms with Crippen molar-refractivity contribution in [2.24, 2.45) is 0 Å². The Bertz CT molecular complexity index is 873. The molecular formula is C19H24N6O2. The van der Waals surface area contributed by atoms with Crippen LogP contribution in [0.15, 0.2) is 47.0 Å². The minimum atomic E-state index is -0.240. The predicted octanol–water partition coefficient (Wildman–Crippen LogP) is 3.49. The van der Waals surface area contributed by atoms with E-state index < -0.39 is 0 Å². The summed E-state index contributed by atoms with van der Waals surface area (Å²) in [5, 5.41) is 15.2. The first kappa shape index (κ1) is 18.6. The van der Waals surface area contributed by atoms with Crippen LogP contribution >= 0.6 is 0 Å². The summed E-state index contributed by atoms with van der Waals surface area (Å²) in [5.74, 6) is 1.63. The molecule has 0 bridgehead atoms. The molecular weight excluding hydrogens is 344 g/mol. The second-order valence-corrected chi connectivity index (χ2v) is 6.14. The first-order chi connectivity index (χ1) is 13.1. The van der Waals surface area contributed by atoms with Crippen LogP contribution < -0.4 is 5.32 Å². The fraction of sp³-hybridized carbons (Fsp3) is 0.368. The van der Waals surface area contributed by atoms with Gasteiger partial charge in [0.2, 0.25) is 11.8 Å². The van der Waals surface area contributed by atoms with Gasteiger partial charge in [0.15, 0.2) is 0 Å². The standard InChI is InChI=1S/C19H24N6O2/c1-4-17-22-23-18(27-17)13-24(5-2)19(26)21-16-11-12-20-25(16)14(3)15-9-7-6-8-10-15/h6-12,14H,4-5,13H2,1-3H3,(H,21,26)/t14-/m1/s1. The van der Waals surface area contributed by atoms with E-state index in [9.17, 15) is 4.79 Å². The molecule has 1 atom stereocenters. The minimum absolute atomic E-state index is 0.00497. The van der Waals surface area contributed by atoms with Gasteiger partial charge in [-0.3, -0.25) is 5.32 Å². The number of aryl methyl sites for hydroxylation is 1. The molecule has 0 aliphatic rings. The molecule has 2 heterocycles. The highest BCUT2D eigenvalue weighted by atomic mass is 16.4. The van der Waals surface area contributed by atoms with Crippen molar-refractivity contribution in [2.45, 2.75) is 39.8 Å². The van der Waals surface area contributed by atoms with Crippen LogP contribution in [0.4, 0.5) is 10.6 Å². The molecule has 27 heavy (non-hydrogen) atoms. The highest BCUT2D eigenvalue weighted by molar-refractivity contribution is 5.88. The summed E-state index contributed by atoms with van der Waals surface area (Å²) < 4.78 is 7.30. The number of nitrogens with zero attached hydrogens (tertiary/aromatic N) is 5. The quantitative estimate of drug-likeness (QED) is 0.689. The molecule has 1 N–H and O–H groups in total. The van der Waals surface area contributed by atoms with Crippen molar-refractivity contribution in [1.29, 1.82) is 0 Å². The molecule has 142 valence electrons. The van der Waals surface area contributed by atoms with Crippen LogP contribution in [0, 0.1) is 0 Å². The maximum atomic E-state index is 12.7. The van der Waals surface area contributed by atoms with E-state index in [-0.39, 0.29) is 18.6 Å². The summed E-state index contributed by atoms with van der Waals surface area (Å²) in [5.41, 5.74) is 1.11. The Kier molecular flexibility index (Phi) is 5.85. The molecule has 3 aromatic rings. The second-order valence-electron chi connectivity index (χ2n) is 6.14. The maximum Gasteiger partial charge on any atom is 0.323 e. The summed E-state index contributed by atoms with van der Waals surface area (Å²) in [6.07, 6.45) is 2.35. The van der Waals surface area contributed by atoms with Crippen molar-refractivity contribution < 1.29 is 9.21 Å². The number of hydrogen-bond acceptors (Lipinski definition) is 5. The molecule has 1 aromatic carbocycles. The molecule has 8 nitrogen and oxygen atoms in total. The van der Waals surface area contributed by atoms with E-state index in [2.05, 4.69) is 20.6 Å². The molecule has 0 radical (unpaired) electrons. The van der Waals surface area contributed by atoms with Crippen molar-refractivity contribution in [3.8, 4) is 0 Å². The monoisotopic (exact) mass is 368 g/mol. The largest absolute Gasteiger partial charge is 0.423 e. The van der Waals surface area contributed by atoms with Gasteiger partial charge in [-0.05, 0) is 19.4 Å². The smallest absolute Gasteiger partial charge is 0.323 e. The van der Waals surface area contributed by atoms with Crippen LogP contribution in [-0.2, 0) is 13.0 Å². The van der Waals surface area contributed by atoms with Crippen LogP contribution in [0.5, 0.6) is 0 Å². The summed E-state index contributed by atoms with van der Waals surface area (Å²) in [6, 6.07) is 11.6. The Morgan fingerprint density at radius 1 is 1.19 bits per heavy atom. The van der Waals surface area contributed by atoms with Crippen LogP contribution in [-0.4, -0.2) is 37.5 Å². The van der Waals surface area contributed by atoms with Crippen molar-refractivity contribution in [1.82, 2.24) is 24.9 Å². The van der Waals surface area contributed by atoms with Crippen LogP contribution in [0.25, 0.3) is 0 Å². The van der Waals surface area contributed by atoms with Crippen molar-refractivity contribution in [3.63, 3.8) is 0 Å². The number of rotatable bonds is 7. The van der Waals surface area contributed by atoms with Gasteiger partial charge in [-0.25, -0.2) is 9.48 Å². The summed E-state index contributed by atoms with van der Waals surface area (Å²) in [4.78, 5) is 14.3. The molecule has 3 rings (SSSR count). The van der Waals surface area contributed by atoms with E-state index in [0.29, 0.717) is 30.6 Å². The van der Waals surface area contributed by atoms with Gasteiger partial charge in [0, 0.05) is 19.0 Å². The first-order valence-corrected chi connectivity index (χ1v) is 9.08. The van der Waals surface area contributed by atoms with Gasteiger partial charge in [0.25, 0.3) is 0 Å². The fourth-order valence-electron chi connectivity index (χ4n) is 2.77. The van der Waals surface area contributed by atoms with Gasteiger partial charge >= 0.3 is 6.03 Å². The zero-order valence-electron chi connectivity index (χ0n) is 15.8. The minimum Gasteiger partial charge on any atom is -0.423 e. The SMILES string of the molecule is CCc1nnc(CN(CC)C(=O)Nc2ccnn2[C@H](C)c2ccccc2)o1. The van der Waals surface area contributed by atoms with Crippen LogP contribution in [0.1, 0.15) is 44.2 Å². The predicted molar refractivity (Wildman–Crippen MR) is 101 cm³/mol. The van der Waals surface area contributed by atoms with Gasteiger partial charge in [-0.2, -0.15) is 5.10 Å². The zero-order chi connectivity index (χ0) is 19.2. The number of anilines is 1. The summed E-state index contributed by atoms with van der Waals surface area (Å²) >= 11 is 0. The Hall–Kier alpha value is -3.16. The molecule has 0 saturated carbocycles. The fourth-order valence-corrected chi connectivity index (χ4v) is 2.77. The number of urea groups is 1. The summed E-state index contributed by atoms with van der Waals surface area (Å²) in [7, 11) is 0. The topological polar surface area (TPSA) is 89.1 Å². The van der Waals surface area contributed by atoms with Gasteiger partial charge in [0.1, 0.15) is 12.4 Å². The van der Waals surface area contributed by atoms with Gasteiger partial charge in [-0.15, -0.1) is 10.2 Å². The number of amides is 2. The number of aromatic nitrogens is 4. The Labute approximate surface area is 158 Å². The molecule has 0 aliphatic heterocycles. The lowest BCUT2D eigenvalue weighted by atomic mass is 10.1. The maximum absolute atomic E-state index is 12.7. The third-order valence-electron chi connectivity index (χ3n) is 4.36. The third-order valence-corrected chi connectivity index (χ3v) is 4.36. The number of nitrogens with one attached hydrogen (secondary N) is 1. The Morgan fingerprint density at radius 2 is 1.93 bits per heavy atom. The lowest BCUT2D eigenvalue weighted by molar-refractivity contribution is 0.205. The molecule has 0 aliphatic carbocycles. The van der Waals surface area contributed by atoms with E-state index >= 15 is 0 Å². The van der Waals surface area contributed by atoms with Crippen LogP contribution in [0.3, 0.4) is 0 Å². The highest BCUT2D eigenvalue weighted by Crippen LogP contribution is 2.21. The lowest BCUT2D eigenvalue weighted by Crippen LogP contribution is -2.35. The number of carbonyl (C=O) groups excluding carboxylic acids is 1. The molecule has 0 saturated heterocycles. The van der Waals surface area contributed by atoms with E-state index in [1.807, 2.05) is 51.1 Å². The zero-order valence-corrected chi connectivity index (χ0v) is 15.8. The number of hydrogen-bond donors (Lipinski definition) is 1. The van der Waals surface area contributed by atoms with Crippen LogP contribution in [0.2, 0.25) is 0 Å². The second kappa shape index (κ2) is 8.48. The van der Waals surface area contributed by atoms with Gasteiger partial charge < -0.3 is 9.32 Å². The highest BCUT2D eigenvalue weighted by Gasteiger charge is 2.19. The Balaban J connectivity index is 1.71. The third kappa shape index (κ3) is 4.33. The Morgan fingerprint density at radius 3 is 2.59 bits per heavy atom. The summed E-state index contributed by atoms with van der Waals surface area (Å²) in [6.45, 7) is 6.66. The molecule has 0 fully saturated rings. The molecule has 8 heteroatoms. The number of carbonyl (C=O) groups is 1. The lowest BCUT2D eigenvalue weighted by Gasteiger charge is -2.21. The van der Waals surface area contributed by atoms with Gasteiger partial charge in [-0.1, -0.05) is 37.3 Å². The molecule has 2 aromatic heterocycles. The van der Waals surface area contributed by atoms with Crippen molar-refractivity contribution in [2.75, 3.05) is 11.9 Å². The molecule has 0 unspecified atom stereocenters. The van der Waals surface area contributed by atoms with E-state index in [1.165, 1.54) is 0 Å². The van der Waals surface area contributed by atoms with Crippen molar-refractivity contribution >= 4 is 11.8 Å². The number of benzene rings is 1. The van der Waals surface area contributed by atoms with E-state index in [1.54, 1.807) is 21.8 Å². The average Bonchev–Trinajstić information content (AvgIpc) is 3.35.